The van der Waals surface area contributed by atoms with Crippen molar-refractivity contribution in [2.24, 2.45) is 0 Å². The van der Waals surface area contributed by atoms with E-state index in [1.54, 1.807) is 0 Å². The Balaban J connectivity index is 2.52. The van der Waals surface area contributed by atoms with Crippen LogP contribution in [0, 0.1) is 0 Å². The van der Waals surface area contributed by atoms with E-state index >= 15 is 0 Å². The Hall–Kier alpha value is -2.18. The Bertz CT molecular complexity index is 419. The second-order valence-electron chi connectivity index (χ2n) is 2.19. The Morgan fingerprint density at radius 1 is 1.62 bits per heavy atom. The van der Waals surface area contributed by atoms with E-state index in [-0.39, 0.29) is 11.5 Å². The van der Waals surface area contributed by atoms with Gasteiger partial charge in [0.05, 0.1) is 6.20 Å². The van der Waals surface area contributed by atoms with Crippen molar-refractivity contribution < 1.29 is 14.3 Å². The van der Waals surface area contributed by atoms with Crippen LogP contribution in [0.5, 0.6) is 0 Å². The highest BCUT2D eigenvalue weighted by Gasteiger charge is 2.18. The maximum absolute atomic E-state index is 10.6. The summed E-state index contributed by atoms with van der Waals surface area (Å²) < 4.78 is 4.86. The summed E-state index contributed by atoms with van der Waals surface area (Å²) in [6.45, 7) is 0. The molecule has 2 aromatic heterocycles. The fourth-order valence-corrected chi connectivity index (χ4v) is 0.891. The van der Waals surface area contributed by atoms with Crippen molar-refractivity contribution in [3.05, 3.63) is 18.3 Å². The molecule has 0 aliphatic rings. The summed E-state index contributed by atoms with van der Waals surface area (Å²) in [4.78, 5) is 14.1. The van der Waals surface area contributed by atoms with Gasteiger partial charge in [-0.1, -0.05) is 0 Å². The zero-order valence-electron chi connectivity index (χ0n) is 6.26. The molecular formula is C6H4N4O3. The standard InChI is InChI=1S/C6H4N4O3/c11-6(12)4-5(13-2-7-4)3-1-8-10-9-3/h1-2H,(H,11,12)(H,8,9,10). The molecular weight excluding hydrogens is 176 g/mol. The van der Waals surface area contributed by atoms with Crippen LogP contribution in [-0.4, -0.2) is 31.5 Å². The minimum absolute atomic E-state index is 0.0984. The fraction of sp³-hybridized carbons (Fsp3) is 0. The van der Waals surface area contributed by atoms with Crippen LogP contribution in [0.2, 0.25) is 0 Å². The minimum Gasteiger partial charge on any atom is -0.476 e. The van der Waals surface area contributed by atoms with Gasteiger partial charge in [-0.2, -0.15) is 15.4 Å². The van der Waals surface area contributed by atoms with E-state index in [0.717, 1.165) is 6.39 Å². The molecule has 0 radical (unpaired) electrons. The molecule has 0 bridgehead atoms. The second-order valence-corrected chi connectivity index (χ2v) is 2.19. The Morgan fingerprint density at radius 3 is 3.08 bits per heavy atom. The first-order valence-corrected chi connectivity index (χ1v) is 3.32. The van der Waals surface area contributed by atoms with Crippen LogP contribution >= 0.6 is 0 Å². The summed E-state index contributed by atoms with van der Waals surface area (Å²) in [6.07, 6.45) is 2.40. The molecule has 7 nitrogen and oxygen atoms in total. The van der Waals surface area contributed by atoms with Gasteiger partial charge in [0.2, 0.25) is 0 Å². The molecule has 2 N–H and O–H groups in total. The van der Waals surface area contributed by atoms with Crippen LogP contribution in [-0.2, 0) is 0 Å². The monoisotopic (exact) mass is 180 g/mol. The minimum atomic E-state index is -1.16. The number of aromatic carboxylic acids is 1. The van der Waals surface area contributed by atoms with Crippen molar-refractivity contribution in [2.45, 2.75) is 0 Å². The molecule has 0 aliphatic heterocycles. The highest BCUT2D eigenvalue weighted by atomic mass is 16.4. The lowest BCUT2D eigenvalue weighted by Gasteiger charge is -1.88. The van der Waals surface area contributed by atoms with Crippen molar-refractivity contribution in [2.75, 3.05) is 0 Å². The molecule has 2 rings (SSSR count). The third-order valence-electron chi connectivity index (χ3n) is 1.42. The van der Waals surface area contributed by atoms with Crippen LogP contribution in [0.15, 0.2) is 17.0 Å². The van der Waals surface area contributed by atoms with E-state index < -0.39 is 5.97 Å². The molecule has 0 saturated carbocycles. The summed E-state index contributed by atoms with van der Waals surface area (Å²) in [5, 5.41) is 18.2. The first-order chi connectivity index (χ1) is 6.29. The fourth-order valence-electron chi connectivity index (χ4n) is 0.891. The number of carbonyl (C=O) groups is 1. The Kier molecular flexibility index (Phi) is 1.55. The number of aromatic nitrogens is 4. The van der Waals surface area contributed by atoms with Crippen LogP contribution in [0.4, 0.5) is 0 Å². The number of rotatable bonds is 2. The van der Waals surface area contributed by atoms with Gasteiger partial charge >= 0.3 is 5.97 Å². The van der Waals surface area contributed by atoms with E-state index in [1.807, 2.05) is 0 Å². The van der Waals surface area contributed by atoms with Gasteiger partial charge in [0.1, 0.15) is 0 Å². The highest BCUT2D eigenvalue weighted by molar-refractivity contribution is 5.91. The van der Waals surface area contributed by atoms with E-state index in [4.69, 9.17) is 9.52 Å². The van der Waals surface area contributed by atoms with E-state index in [1.165, 1.54) is 6.20 Å². The maximum Gasteiger partial charge on any atom is 0.358 e. The Morgan fingerprint density at radius 2 is 2.46 bits per heavy atom. The second kappa shape index (κ2) is 2.70. The van der Waals surface area contributed by atoms with E-state index in [2.05, 4.69) is 20.4 Å². The average molecular weight is 180 g/mol. The number of carboxylic acid groups (broad SMARTS) is 1. The van der Waals surface area contributed by atoms with Crippen LogP contribution in [0.1, 0.15) is 10.5 Å². The van der Waals surface area contributed by atoms with Gasteiger partial charge in [0.15, 0.2) is 23.5 Å². The van der Waals surface area contributed by atoms with Gasteiger partial charge < -0.3 is 9.52 Å². The third kappa shape index (κ3) is 1.15. The summed E-state index contributed by atoms with van der Waals surface area (Å²) in [5.41, 5.74) is 0.142. The lowest BCUT2D eigenvalue weighted by molar-refractivity contribution is 0.0691. The molecule has 66 valence electrons. The van der Waals surface area contributed by atoms with E-state index in [9.17, 15) is 4.79 Å². The first-order valence-electron chi connectivity index (χ1n) is 3.32. The number of hydrogen-bond acceptors (Lipinski definition) is 5. The highest BCUT2D eigenvalue weighted by Crippen LogP contribution is 2.19. The van der Waals surface area contributed by atoms with Gasteiger partial charge in [-0.15, -0.1) is 0 Å². The molecule has 0 saturated heterocycles. The van der Waals surface area contributed by atoms with Gasteiger partial charge in [0, 0.05) is 0 Å². The van der Waals surface area contributed by atoms with Crippen LogP contribution in [0.3, 0.4) is 0 Å². The summed E-state index contributed by atoms with van der Waals surface area (Å²) >= 11 is 0. The maximum atomic E-state index is 10.6. The molecule has 0 atom stereocenters. The molecule has 0 unspecified atom stereocenters. The average Bonchev–Trinajstić information content (AvgIpc) is 2.74. The molecule has 0 aromatic carbocycles. The molecule has 0 fully saturated rings. The van der Waals surface area contributed by atoms with Crippen molar-refractivity contribution in [3.8, 4) is 11.5 Å². The van der Waals surface area contributed by atoms with Crippen LogP contribution in [0.25, 0.3) is 11.5 Å². The number of nitrogens with zero attached hydrogens (tertiary/aromatic N) is 3. The van der Waals surface area contributed by atoms with E-state index in [0.29, 0.717) is 5.69 Å². The lowest BCUT2D eigenvalue weighted by atomic mass is 10.3. The SMILES string of the molecule is O=C(O)c1ncoc1-c1cn[nH]n1. The van der Waals surface area contributed by atoms with Gasteiger partial charge in [-0.3, -0.25) is 0 Å². The lowest BCUT2D eigenvalue weighted by Crippen LogP contribution is -1.98. The van der Waals surface area contributed by atoms with Crippen molar-refractivity contribution in [3.63, 3.8) is 0 Å². The quantitative estimate of drug-likeness (QED) is 0.681. The zero-order valence-corrected chi connectivity index (χ0v) is 6.26. The number of nitrogens with one attached hydrogen (secondary N) is 1. The Labute approximate surface area is 71.4 Å². The summed E-state index contributed by atoms with van der Waals surface area (Å²) in [6, 6.07) is 0. The number of H-pyrrole nitrogens is 1. The smallest absolute Gasteiger partial charge is 0.358 e. The number of aromatic amines is 1. The molecule has 2 aromatic rings. The number of carboxylic acids is 1. The third-order valence-corrected chi connectivity index (χ3v) is 1.42. The summed E-state index contributed by atoms with van der Waals surface area (Å²) in [7, 11) is 0. The zero-order chi connectivity index (χ0) is 9.26. The molecule has 0 aliphatic carbocycles. The van der Waals surface area contributed by atoms with Crippen LogP contribution < -0.4 is 0 Å². The normalized spacial score (nSPS) is 10.2. The predicted molar refractivity (Wildman–Crippen MR) is 38.8 cm³/mol. The van der Waals surface area contributed by atoms with Gasteiger partial charge in [-0.25, -0.2) is 9.78 Å². The molecule has 0 spiro atoms. The number of hydrogen-bond donors (Lipinski definition) is 2. The van der Waals surface area contributed by atoms with Gasteiger partial charge in [-0.05, 0) is 0 Å². The molecule has 7 heteroatoms. The predicted octanol–water partition coefficient (Wildman–Crippen LogP) is 0.158. The van der Waals surface area contributed by atoms with Gasteiger partial charge in [0.25, 0.3) is 0 Å². The first kappa shape index (κ1) is 7.47. The molecule has 0 amide bonds. The van der Waals surface area contributed by atoms with Crippen molar-refractivity contribution in [1.82, 2.24) is 20.4 Å². The number of oxazole rings is 1. The summed E-state index contributed by atoms with van der Waals surface area (Å²) in [5.74, 6) is -1.06. The van der Waals surface area contributed by atoms with Crippen molar-refractivity contribution in [1.29, 1.82) is 0 Å². The molecule has 2 heterocycles. The largest absolute Gasteiger partial charge is 0.476 e. The van der Waals surface area contributed by atoms with Crippen molar-refractivity contribution >= 4 is 5.97 Å². The molecule has 13 heavy (non-hydrogen) atoms. The topological polar surface area (TPSA) is 105 Å².